The fourth-order valence-electron chi connectivity index (χ4n) is 2.32. The minimum absolute atomic E-state index is 0.225. The Morgan fingerprint density at radius 3 is 2.43 bits per heavy atom. The van der Waals surface area contributed by atoms with Crippen LogP contribution < -0.4 is 5.32 Å². The van der Waals surface area contributed by atoms with Crippen molar-refractivity contribution in [2.75, 3.05) is 26.2 Å². The lowest BCUT2D eigenvalue weighted by atomic mass is 10.0. The van der Waals surface area contributed by atoms with Gasteiger partial charge in [-0.1, -0.05) is 44.2 Å². The molecule has 4 heteroatoms. The lowest BCUT2D eigenvalue weighted by molar-refractivity contribution is 0.0252. The van der Waals surface area contributed by atoms with Crippen LogP contribution >= 0.6 is 0 Å². The maximum absolute atomic E-state index is 12.2. The van der Waals surface area contributed by atoms with E-state index in [-0.39, 0.29) is 6.09 Å². The first kappa shape index (κ1) is 19.5. The number of benzene rings is 1. The van der Waals surface area contributed by atoms with Crippen molar-refractivity contribution in [1.82, 2.24) is 10.2 Å². The molecule has 1 aromatic rings. The Balaban J connectivity index is 2.36. The van der Waals surface area contributed by atoms with E-state index in [0.717, 1.165) is 26.1 Å². The van der Waals surface area contributed by atoms with Crippen LogP contribution in [0.1, 0.15) is 52.5 Å². The number of hydrogen-bond acceptors (Lipinski definition) is 3. The summed E-state index contributed by atoms with van der Waals surface area (Å²) in [4.78, 5) is 14.0. The van der Waals surface area contributed by atoms with Crippen LogP contribution in [-0.2, 0) is 4.74 Å². The van der Waals surface area contributed by atoms with Gasteiger partial charge in [-0.25, -0.2) is 4.79 Å². The lowest BCUT2D eigenvalue weighted by Gasteiger charge is -2.27. The molecule has 130 valence electrons. The minimum atomic E-state index is -0.446. The summed E-state index contributed by atoms with van der Waals surface area (Å²) in [7, 11) is 0. The van der Waals surface area contributed by atoms with Gasteiger partial charge < -0.3 is 15.0 Å². The summed E-state index contributed by atoms with van der Waals surface area (Å²) < 4.78 is 5.46. The van der Waals surface area contributed by atoms with Gasteiger partial charge in [0.15, 0.2) is 0 Å². The molecule has 0 aromatic heterocycles. The number of carbonyl (C=O) groups excluding carboxylic acids is 1. The van der Waals surface area contributed by atoms with E-state index in [1.54, 1.807) is 4.90 Å². The highest BCUT2D eigenvalue weighted by atomic mass is 16.6. The Morgan fingerprint density at radius 2 is 1.87 bits per heavy atom. The molecule has 0 spiro atoms. The second-order valence-electron chi connectivity index (χ2n) is 6.98. The summed E-state index contributed by atoms with van der Waals surface area (Å²) in [6, 6.07) is 10.5. The molecule has 1 unspecified atom stereocenters. The van der Waals surface area contributed by atoms with Gasteiger partial charge in [-0.05, 0) is 38.7 Å². The van der Waals surface area contributed by atoms with E-state index in [1.807, 2.05) is 26.8 Å². The molecule has 0 heterocycles. The molecule has 1 aromatic carbocycles. The van der Waals surface area contributed by atoms with Crippen molar-refractivity contribution >= 4 is 6.09 Å². The Labute approximate surface area is 141 Å². The van der Waals surface area contributed by atoms with Crippen LogP contribution in [0, 0.1) is 0 Å². The molecule has 1 amide bonds. The molecule has 0 aliphatic carbocycles. The monoisotopic (exact) mass is 320 g/mol. The van der Waals surface area contributed by atoms with E-state index in [9.17, 15) is 4.79 Å². The first-order valence-electron chi connectivity index (χ1n) is 8.57. The quantitative estimate of drug-likeness (QED) is 0.735. The Kier molecular flexibility index (Phi) is 8.10. The van der Waals surface area contributed by atoms with Crippen LogP contribution in [-0.4, -0.2) is 42.8 Å². The largest absolute Gasteiger partial charge is 0.444 e. The molecule has 0 aliphatic rings. The van der Waals surface area contributed by atoms with Crippen LogP contribution in [0.25, 0.3) is 0 Å². The minimum Gasteiger partial charge on any atom is -0.444 e. The van der Waals surface area contributed by atoms with Crippen molar-refractivity contribution in [2.45, 2.75) is 52.6 Å². The SMILES string of the molecule is CCCN(CCNCC(C)c1ccccc1)C(=O)OC(C)(C)C. The number of nitrogens with zero attached hydrogens (tertiary/aromatic N) is 1. The molecule has 1 N–H and O–H groups in total. The van der Waals surface area contributed by atoms with Crippen molar-refractivity contribution in [1.29, 1.82) is 0 Å². The molecule has 1 atom stereocenters. The third kappa shape index (κ3) is 8.03. The van der Waals surface area contributed by atoms with Gasteiger partial charge in [-0.2, -0.15) is 0 Å². The van der Waals surface area contributed by atoms with Gasteiger partial charge in [-0.3, -0.25) is 0 Å². The first-order valence-corrected chi connectivity index (χ1v) is 8.57. The van der Waals surface area contributed by atoms with E-state index >= 15 is 0 Å². The fraction of sp³-hybridized carbons (Fsp3) is 0.632. The topological polar surface area (TPSA) is 41.6 Å². The fourth-order valence-corrected chi connectivity index (χ4v) is 2.32. The highest BCUT2D eigenvalue weighted by molar-refractivity contribution is 5.68. The van der Waals surface area contributed by atoms with Gasteiger partial charge in [0, 0.05) is 26.2 Å². The molecule has 0 aliphatic heterocycles. The average Bonchev–Trinajstić information content (AvgIpc) is 2.49. The van der Waals surface area contributed by atoms with Crippen molar-refractivity contribution < 1.29 is 9.53 Å². The van der Waals surface area contributed by atoms with Crippen LogP contribution in [0.3, 0.4) is 0 Å². The van der Waals surface area contributed by atoms with Gasteiger partial charge in [0.2, 0.25) is 0 Å². The van der Waals surface area contributed by atoms with Crippen LogP contribution in [0.4, 0.5) is 4.79 Å². The first-order chi connectivity index (χ1) is 10.8. The standard InChI is InChI=1S/C19H32N2O2/c1-6-13-21(18(22)23-19(3,4)5)14-12-20-15-16(2)17-10-8-7-9-11-17/h7-11,16,20H,6,12-15H2,1-5H3. The summed E-state index contributed by atoms with van der Waals surface area (Å²) in [6.45, 7) is 13.0. The van der Waals surface area contributed by atoms with E-state index in [4.69, 9.17) is 4.74 Å². The zero-order valence-corrected chi connectivity index (χ0v) is 15.3. The Morgan fingerprint density at radius 1 is 1.22 bits per heavy atom. The smallest absolute Gasteiger partial charge is 0.410 e. The van der Waals surface area contributed by atoms with Gasteiger partial charge in [-0.15, -0.1) is 0 Å². The molecule has 0 radical (unpaired) electrons. The zero-order valence-electron chi connectivity index (χ0n) is 15.3. The number of amides is 1. The zero-order chi connectivity index (χ0) is 17.3. The molecule has 1 rings (SSSR count). The molecule has 0 saturated carbocycles. The summed E-state index contributed by atoms with van der Waals surface area (Å²) >= 11 is 0. The highest BCUT2D eigenvalue weighted by Gasteiger charge is 2.21. The molecule has 0 fully saturated rings. The predicted molar refractivity (Wildman–Crippen MR) is 95.8 cm³/mol. The predicted octanol–water partition coefficient (Wildman–Crippen LogP) is 4.03. The molecule has 4 nitrogen and oxygen atoms in total. The number of nitrogens with one attached hydrogen (secondary N) is 1. The number of hydrogen-bond donors (Lipinski definition) is 1. The van der Waals surface area contributed by atoms with Gasteiger partial charge in [0.25, 0.3) is 0 Å². The summed E-state index contributed by atoms with van der Waals surface area (Å²) in [6.07, 6.45) is 0.705. The number of ether oxygens (including phenoxy) is 1. The second kappa shape index (κ2) is 9.56. The maximum atomic E-state index is 12.2. The van der Waals surface area contributed by atoms with E-state index in [2.05, 4.69) is 43.4 Å². The summed E-state index contributed by atoms with van der Waals surface area (Å²) in [5.41, 5.74) is 0.885. The second-order valence-corrected chi connectivity index (χ2v) is 6.98. The Hall–Kier alpha value is -1.55. The molecule has 23 heavy (non-hydrogen) atoms. The summed E-state index contributed by atoms with van der Waals surface area (Å²) in [5, 5.41) is 3.44. The maximum Gasteiger partial charge on any atom is 0.410 e. The molecular weight excluding hydrogens is 288 g/mol. The van der Waals surface area contributed by atoms with Crippen LogP contribution in [0.5, 0.6) is 0 Å². The van der Waals surface area contributed by atoms with Crippen molar-refractivity contribution in [3.63, 3.8) is 0 Å². The van der Waals surface area contributed by atoms with Gasteiger partial charge in [0.05, 0.1) is 0 Å². The Bertz CT molecular complexity index is 454. The molecule has 0 bridgehead atoms. The van der Waals surface area contributed by atoms with Crippen molar-refractivity contribution in [3.8, 4) is 0 Å². The molecule has 0 saturated heterocycles. The van der Waals surface area contributed by atoms with Gasteiger partial charge in [0.1, 0.15) is 5.60 Å². The normalized spacial score (nSPS) is 12.7. The molecular formula is C19H32N2O2. The third-order valence-electron chi connectivity index (χ3n) is 3.52. The summed E-state index contributed by atoms with van der Waals surface area (Å²) in [5.74, 6) is 0.456. The van der Waals surface area contributed by atoms with E-state index in [1.165, 1.54) is 5.56 Å². The van der Waals surface area contributed by atoms with Crippen LogP contribution in [0.2, 0.25) is 0 Å². The number of carbonyl (C=O) groups is 1. The number of rotatable bonds is 8. The third-order valence-corrected chi connectivity index (χ3v) is 3.52. The lowest BCUT2D eigenvalue weighted by Crippen LogP contribution is -2.41. The van der Waals surface area contributed by atoms with Gasteiger partial charge >= 0.3 is 6.09 Å². The van der Waals surface area contributed by atoms with Crippen molar-refractivity contribution in [2.24, 2.45) is 0 Å². The van der Waals surface area contributed by atoms with E-state index < -0.39 is 5.60 Å². The highest BCUT2D eigenvalue weighted by Crippen LogP contribution is 2.13. The average molecular weight is 320 g/mol. The van der Waals surface area contributed by atoms with Crippen molar-refractivity contribution in [3.05, 3.63) is 35.9 Å². The van der Waals surface area contributed by atoms with Crippen LogP contribution in [0.15, 0.2) is 30.3 Å². The van der Waals surface area contributed by atoms with E-state index in [0.29, 0.717) is 12.5 Å².